The third-order valence-electron chi connectivity index (χ3n) is 5.45. The standard InChI is InChI=1S/C20H28F3N3O2/c1-15-5-6-17(18(13-15)25-7-3-4-8-25)14-24-9-11-26(12-10-24)19(27)28-16(2)20(21,22)23/h5-6,13,16H,3-4,7-12,14H2,1-2H3. The Hall–Kier alpha value is -1.96. The molecule has 0 aromatic heterocycles. The molecule has 0 spiro atoms. The second kappa shape index (κ2) is 8.59. The highest BCUT2D eigenvalue weighted by atomic mass is 19.4. The van der Waals surface area contributed by atoms with Gasteiger partial charge >= 0.3 is 12.3 Å². The number of halogens is 3. The van der Waals surface area contributed by atoms with Gasteiger partial charge in [-0.1, -0.05) is 12.1 Å². The van der Waals surface area contributed by atoms with Crippen LogP contribution in [-0.4, -0.2) is 67.4 Å². The Morgan fingerprint density at radius 1 is 1.11 bits per heavy atom. The summed E-state index contributed by atoms with van der Waals surface area (Å²) >= 11 is 0. The number of benzene rings is 1. The second-order valence-electron chi connectivity index (χ2n) is 7.66. The van der Waals surface area contributed by atoms with E-state index < -0.39 is 18.4 Å². The zero-order chi connectivity index (χ0) is 20.3. The first-order valence-corrected chi connectivity index (χ1v) is 9.83. The average Bonchev–Trinajstić information content (AvgIpc) is 3.17. The first kappa shape index (κ1) is 20.8. The van der Waals surface area contributed by atoms with Gasteiger partial charge in [0.05, 0.1) is 0 Å². The van der Waals surface area contributed by atoms with E-state index in [2.05, 4.69) is 39.7 Å². The van der Waals surface area contributed by atoms with E-state index in [4.69, 9.17) is 0 Å². The van der Waals surface area contributed by atoms with Gasteiger partial charge in [0, 0.05) is 51.5 Å². The molecule has 0 aliphatic carbocycles. The van der Waals surface area contributed by atoms with Crippen molar-refractivity contribution in [1.29, 1.82) is 0 Å². The molecule has 2 aliphatic heterocycles. The summed E-state index contributed by atoms with van der Waals surface area (Å²) in [5.41, 5.74) is 3.77. The van der Waals surface area contributed by atoms with E-state index in [0.717, 1.165) is 26.6 Å². The lowest BCUT2D eigenvalue weighted by Gasteiger charge is -2.35. The second-order valence-corrected chi connectivity index (χ2v) is 7.66. The van der Waals surface area contributed by atoms with Gasteiger partial charge in [0.25, 0.3) is 0 Å². The van der Waals surface area contributed by atoms with Crippen LogP contribution < -0.4 is 4.90 Å². The molecule has 28 heavy (non-hydrogen) atoms. The Balaban J connectivity index is 1.55. The lowest BCUT2D eigenvalue weighted by Crippen LogP contribution is -2.49. The fourth-order valence-corrected chi connectivity index (χ4v) is 3.68. The van der Waals surface area contributed by atoms with E-state index in [9.17, 15) is 18.0 Å². The van der Waals surface area contributed by atoms with Crippen molar-refractivity contribution in [3.8, 4) is 0 Å². The van der Waals surface area contributed by atoms with Crippen molar-refractivity contribution in [3.05, 3.63) is 29.3 Å². The number of ether oxygens (including phenoxy) is 1. The summed E-state index contributed by atoms with van der Waals surface area (Å²) in [6, 6.07) is 6.50. The summed E-state index contributed by atoms with van der Waals surface area (Å²) in [6.45, 7) is 7.84. The zero-order valence-corrected chi connectivity index (χ0v) is 16.5. The minimum Gasteiger partial charge on any atom is -0.437 e. The minimum absolute atomic E-state index is 0.369. The van der Waals surface area contributed by atoms with Crippen LogP contribution in [0.3, 0.4) is 0 Å². The maximum atomic E-state index is 12.6. The predicted octanol–water partition coefficient (Wildman–Crippen LogP) is 3.80. The van der Waals surface area contributed by atoms with Gasteiger partial charge in [-0.05, 0) is 43.9 Å². The highest BCUT2D eigenvalue weighted by Crippen LogP contribution is 2.28. The SMILES string of the molecule is Cc1ccc(CN2CCN(C(=O)OC(C)C(F)(F)F)CC2)c(N2CCCC2)c1. The van der Waals surface area contributed by atoms with Crippen LogP contribution in [0.2, 0.25) is 0 Å². The van der Waals surface area contributed by atoms with Crippen molar-refractivity contribution in [3.63, 3.8) is 0 Å². The number of carbonyl (C=O) groups excluding carboxylic acids is 1. The summed E-state index contributed by atoms with van der Waals surface area (Å²) in [5.74, 6) is 0. The van der Waals surface area contributed by atoms with Crippen LogP contribution in [0.25, 0.3) is 0 Å². The summed E-state index contributed by atoms with van der Waals surface area (Å²) in [5, 5.41) is 0. The largest absolute Gasteiger partial charge is 0.437 e. The smallest absolute Gasteiger partial charge is 0.425 e. The van der Waals surface area contributed by atoms with E-state index in [-0.39, 0.29) is 0 Å². The van der Waals surface area contributed by atoms with Crippen molar-refractivity contribution >= 4 is 11.8 Å². The predicted molar refractivity (Wildman–Crippen MR) is 101 cm³/mol. The molecule has 2 aliphatic rings. The quantitative estimate of drug-likeness (QED) is 0.772. The highest BCUT2D eigenvalue weighted by molar-refractivity contribution is 5.68. The molecule has 0 N–H and O–H groups in total. The van der Waals surface area contributed by atoms with Gasteiger partial charge < -0.3 is 14.5 Å². The number of piperazine rings is 1. The van der Waals surface area contributed by atoms with Crippen molar-refractivity contribution in [2.75, 3.05) is 44.2 Å². The van der Waals surface area contributed by atoms with E-state index in [1.807, 2.05) is 0 Å². The Labute approximate surface area is 164 Å². The molecule has 1 unspecified atom stereocenters. The Kier molecular flexibility index (Phi) is 6.37. The number of alkyl halides is 3. The normalized spacial score (nSPS) is 19.8. The van der Waals surface area contributed by atoms with Gasteiger partial charge in [0.2, 0.25) is 0 Å². The van der Waals surface area contributed by atoms with Crippen molar-refractivity contribution < 1.29 is 22.7 Å². The van der Waals surface area contributed by atoms with E-state index in [0.29, 0.717) is 26.2 Å². The van der Waals surface area contributed by atoms with Crippen LogP contribution in [0.4, 0.5) is 23.7 Å². The first-order chi connectivity index (χ1) is 13.2. The molecule has 0 bridgehead atoms. The monoisotopic (exact) mass is 399 g/mol. The third-order valence-corrected chi connectivity index (χ3v) is 5.45. The summed E-state index contributed by atoms with van der Waals surface area (Å²) in [4.78, 5) is 18.0. The van der Waals surface area contributed by atoms with E-state index in [1.54, 1.807) is 0 Å². The molecule has 2 heterocycles. The van der Waals surface area contributed by atoms with Crippen LogP contribution in [0, 0.1) is 6.92 Å². The van der Waals surface area contributed by atoms with Crippen molar-refractivity contribution in [2.45, 2.75) is 45.5 Å². The molecule has 5 nitrogen and oxygen atoms in total. The van der Waals surface area contributed by atoms with Gasteiger partial charge in [-0.3, -0.25) is 4.90 Å². The van der Waals surface area contributed by atoms with Crippen molar-refractivity contribution in [1.82, 2.24) is 9.80 Å². The topological polar surface area (TPSA) is 36.0 Å². The molecule has 0 saturated carbocycles. The number of carbonyl (C=O) groups is 1. The molecule has 1 aromatic carbocycles. The van der Waals surface area contributed by atoms with E-state index >= 15 is 0 Å². The number of rotatable bonds is 4. The molecule has 8 heteroatoms. The molecule has 1 atom stereocenters. The third kappa shape index (κ3) is 5.10. The van der Waals surface area contributed by atoms with Gasteiger partial charge in [0.1, 0.15) is 0 Å². The maximum Gasteiger partial charge on any atom is 0.425 e. The first-order valence-electron chi connectivity index (χ1n) is 9.83. The molecule has 2 fully saturated rings. The molecule has 0 radical (unpaired) electrons. The maximum absolute atomic E-state index is 12.6. The van der Waals surface area contributed by atoms with Gasteiger partial charge in [-0.15, -0.1) is 0 Å². The molecule has 2 saturated heterocycles. The average molecular weight is 399 g/mol. The van der Waals surface area contributed by atoms with Gasteiger partial charge in [-0.2, -0.15) is 13.2 Å². The van der Waals surface area contributed by atoms with Crippen LogP contribution >= 0.6 is 0 Å². The van der Waals surface area contributed by atoms with Crippen LogP contribution in [0.15, 0.2) is 18.2 Å². The molecule has 156 valence electrons. The summed E-state index contributed by atoms with van der Waals surface area (Å²) in [7, 11) is 0. The molecule has 3 rings (SSSR count). The number of aryl methyl sites for hydroxylation is 1. The Bertz CT molecular complexity index is 682. The van der Waals surface area contributed by atoms with Gasteiger partial charge in [-0.25, -0.2) is 4.79 Å². The van der Waals surface area contributed by atoms with Crippen LogP contribution in [0.5, 0.6) is 0 Å². The number of hydrogen-bond donors (Lipinski definition) is 0. The van der Waals surface area contributed by atoms with Crippen LogP contribution in [-0.2, 0) is 11.3 Å². The highest BCUT2D eigenvalue weighted by Gasteiger charge is 2.40. The number of amides is 1. The Morgan fingerprint density at radius 2 is 1.75 bits per heavy atom. The fraction of sp³-hybridized carbons (Fsp3) is 0.650. The zero-order valence-electron chi connectivity index (χ0n) is 16.5. The molecular weight excluding hydrogens is 371 g/mol. The molecule has 1 aromatic rings. The summed E-state index contributed by atoms with van der Waals surface area (Å²) < 4.78 is 42.2. The number of anilines is 1. The minimum atomic E-state index is -4.53. The number of hydrogen-bond acceptors (Lipinski definition) is 4. The number of nitrogens with zero attached hydrogens (tertiary/aromatic N) is 3. The fourth-order valence-electron chi connectivity index (χ4n) is 3.68. The van der Waals surface area contributed by atoms with Crippen LogP contribution in [0.1, 0.15) is 30.9 Å². The summed E-state index contributed by atoms with van der Waals surface area (Å²) in [6.07, 6.45) is -5.09. The molecule has 1 amide bonds. The lowest BCUT2D eigenvalue weighted by atomic mass is 10.1. The van der Waals surface area contributed by atoms with Gasteiger partial charge in [0.15, 0.2) is 6.10 Å². The van der Waals surface area contributed by atoms with Crippen molar-refractivity contribution in [2.24, 2.45) is 0 Å². The Morgan fingerprint density at radius 3 is 2.36 bits per heavy atom. The van der Waals surface area contributed by atoms with E-state index in [1.165, 1.54) is 34.6 Å². The lowest BCUT2D eigenvalue weighted by molar-refractivity contribution is -0.200. The molecular formula is C20H28F3N3O2.